The molecule has 0 saturated heterocycles. The van der Waals surface area contributed by atoms with Gasteiger partial charge in [-0.1, -0.05) is 25.5 Å². The molecule has 0 aliphatic heterocycles. The van der Waals surface area contributed by atoms with Crippen LogP contribution in [0.15, 0.2) is 53.5 Å². The first-order valence-corrected chi connectivity index (χ1v) is 9.12. The van der Waals surface area contributed by atoms with E-state index in [4.69, 9.17) is 9.47 Å². The quantitative estimate of drug-likeness (QED) is 0.465. The van der Waals surface area contributed by atoms with E-state index in [1.807, 2.05) is 56.5 Å². The summed E-state index contributed by atoms with van der Waals surface area (Å²) in [4.78, 5) is 16.0. The van der Waals surface area contributed by atoms with Crippen molar-refractivity contribution in [3.63, 3.8) is 0 Å². The van der Waals surface area contributed by atoms with Crippen molar-refractivity contribution in [2.75, 3.05) is 6.61 Å². The maximum Gasteiger partial charge on any atom is 0.344 e. The number of benzene rings is 2. The molecule has 0 aromatic heterocycles. The normalized spacial score (nSPS) is 11.1. The fraction of sp³-hybridized carbons (Fsp3) is 0.364. The number of aliphatic imine (C=N–C) groups is 1. The molecule has 0 aliphatic rings. The lowest BCUT2D eigenvalue weighted by Gasteiger charge is -2.09. The molecule has 0 amide bonds. The molecule has 4 heteroatoms. The van der Waals surface area contributed by atoms with Crippen molar-refractivity contribution in [1.29, 1.82) is 0 Å². The molecule has 0 spiro atoms. The van der Waals surface area contributed by atoms with Gasteiger partial charge in [0.1, 0.15) is 5.75 Å². The minimum absolute atomic E-state index is 0.0873. The highest BCUT2D eigenvalue weighted by Crippen LogP contribution is 2.16. The van der Waals surface area contributed by atoms with Gasteiger partial charge in [0.2, 0.25) is 0 Å². The second kappa shape index (κ2) is 10.4. The van der Waals surface area contributed by atoms with Gasteiger partial charge in [-0.2, -0.15) is 0 Å². The molecule has 0 N–H and O–H groups in total. The van der Waals surface area contributed by atoms with Crippen LogP contribution in [-0.4, -0.2) is 24.9 Å². The van der Waals surface area contributed by atoms with Crippen LogP contribution in [0.2, 0.25) is 0 Å². The molecular formula is C22H27NO3. The van der Waals surface area contributed by atoms with E-state index in [-0.39, 0.29) is 18.7 Å². The molecule has 0 unspecified atom stereocenters. The maximum atomic E-state index is 11.5. The molecule has 0 saturated carbocycles. The zero-order valence-corrected chi connectivity index (χ0v) is 15.8. The molecule has 0 fully saturated rings. The second-order valence-corrected chi connectivity index (χ2v) is 6.42. The molecule has 0 atom stereocenters. The standard InChI is InChI=1S/C22H27NO3/c1-4-5-6-18-7-11-20(12-8-18)23-15-19-9-13-21(14-10-19)25-16-22(24)26-17(2)3/h7-15,17H,4-6,16H2,1-3H3. The van der Waals surface area contributed by atoms with Crippen molar-refractivity contribution in [1.82, 2.24) is 0 Å². The van der Waals surface area contributed by atoms with Crippen molar-refractivity contribution in [2.45, 2.75) is 46.1 Å². The maximum absolute atomic E-state index is 11.5. The SMILES string of the molecule is CCCCc1ccc(N=Cc2ccc(OCC(=O)OC(C)C)cc2)cc1. The first kappa shape index (κ1) is 19.7. The summed E-state index contributed by atoms with van der Waals surface area (Å²) in [5.41, 5.74) is 3.25. The van der Waals surface area contributed by atoms with Gasteiger partial charge in [-0.25, -0.2) is 4.79 Å². The first-order valence-electron chi connectivity index (χ1n) is 9.12. The molecule has 2 aromatic rings. The van der Waals surface area contributed by atoms with E-state index < -0.39 is 0 Å². The largest absolute Gasteiger partial charge is 0.482 e. The van der Waals surface area contributed by atoms with Gasteiger partial charge >= 0.3 is 5.97 Å². The fourth-order valence-corrected chi connectivity index (χ4v) is 2.37. The summed E-state index contributed by atoms with van der Waals surface area (Å²) in [7, 11) is 0. The Balaban J connectivity index is 1.86. The van der Waals surface area contributed by atoms with Gasteiger partial charge in [-0.15, -0.1) is 0 Å². The summed E-state index contributed by atoms with van der Waals surface area (Å²) < 4.78 is 10.4. The van der Waals surface area contributed by atoms with Gasteiger partial charge in [0.05, 0.1) is 11.8 Å². The Hall–Kier alpha value is -2.62. The Bertz CT molecular complexity index is 703. The van der Waals surface area contributed by atoms with Crippen LogP contribution in [0.3, 0.4) is 0 Å². The van der Waals surface area contributed by atoms with E-state index >= 15 is 0 Å². The molecule has 2 rings (SSSR count). The van der Waals surface area contributed by atoms with E-state index in [0.717, 1.165) is 17.7 Å². The van der Waals surface area contributed by atoms with Crippen molar-refractivity contribution >= 4 is 17.9 Å². The predicted octanol–water partition coefficient (Wildman–Crippen LogP) is 5.11. The van der Waals surface area contributed by atoms with E-state index in [1.54, 1.807) is 0 Å². The van der Waals surface area contributed by atoms with Crippen LogP contribution in [0, 0.1) is 0 Å². The smallest absolute Gasteiger partial charge is 0.344 e. The van der Waals surface area contributed by atoms with Crippen molar-refractivity contribution < 1.29 is 14.3 Å². The molecule has 2 aromatic carbocycles. The summed E-state index contributed by atoms with van der Waals surface area (Å²) in [5.74, 6) is 0.260. The molecule has 26 heavy (non-hydrogen) atoms. The third-order valence-corrected chi connectivity index (χ3v) is 3.72. The molecule has 0 bridgehead atoms. The number of esters is 1. The van der Waals surface area contributed by atoms with Crippen molar-refractivity contribution in [2.24, 2.45) is 4.99 Å². The second-order valence-electron chi connectivity index (χ2n) is 6.42. The molecule has 0 radical (unpaired) electrons. The average molecular weight is 353 g/mol. The summed E-state index contributed by atoms with van der Waals surface area (Å²) in [5, 5.41) is 0. The van der Waals surface area contributed by atoms with Crippen LogP contribution >= 0.6 is 0 Å². The topological polar surface area (TPSA) is 47.9 Å². The van der Waals surface area contributed by atoms with Crippen molar-refractivity contribution in [3.8, 4) is 5.75 Å². The first-order chi connectivity index (χ1) is 12.6. The van der Waals surface area contributed by atoms with Crippen LogP contribution in [0.1, 0.15) is 44.7 Å². The summed E-state index contributed by atoms with van der Waals surface area (Å²) in [6.07, 6.45) is 5.22. The van der Waals surface area contributed by atoms with E-state index in [2.05, 4.69) is 24.0 Å². The number of aryl methyl sites for hydroxylation is 1. The number of ether oxygens (including phenoxy) is 2. The van der Waals surface area contributed by atoms with Crippen LogP contribution < -0.4 is 4.74 Å². The van der Waals surface area contributed by atoms with E-state index in [9.17, 15) is 4.79 Å². The number of rotatable bonds is 9. The van der Waals surface area contributed by atoms with Crippen LogP contribution in [-0.2, 0) is 16.0 Å². The fourth-order valence-electron chi connectivity index (χ4n) is 2.37. The molecule has 4 nitrogen and oxygen atoms in total. The third-order valence-electron chi connectivity index (χ3n) is 3.72. The number of hydrogen-bond acceptors (Lipinski definition) is 4. The Morgan fingerprint density at radius 3 is 2.38 bits per heavy atom. The number of carbonyl (C=O) groups excluding carboxylic acids is 1. The highest BCUT2D eigenvalue weighted by atomic mass is 16.6. The van der Waals surface area contributed by atoms with Gasteiger partial charge in [0.15, 0.2) is 6.61 Å². The van der Waals surface area contributed by atoms with Gasteiger partial charge in [-0.3, -0.25) is 4.99 Å². The van der Waals surface area contributed by atoms with E-state index in [0.29, 0.717) is 5.75 Å². The zero-order valence-electron chi connectivity index (χ0n) is 15.8. The van der Waals surface area contributed by atoms with Crippen LogP contribution in [0.4, 0.5) is 5.69 Å². The average Bonchev–Trinajstić information content (AvgIpc) is 2.64. The highest BCUT2D eigenvalue weighted by molar-refractivity contribution is 5.82. The van der Waals surface area contributed by atoms with Crippen LogP contribution in [0.25, 0.3) is 0 Å². The monoisotopic (exact) mass is 353 g/mol. The lowest BCUT2D eigenvalue weighted by Crippen LogP contribution is -2.18. The molecule has 0 heterocycles. The summed E-state index contributed by atoms with van der Waals surface area (Å²) in [6, 6.07) is 15.8. The third kappa shape index (κ3) is 7.09. The van der Waals surface area contributed by atoms with Gasteiger partial charge in [0, 0.05) is 6.21 Å². The Morgan fingerprint density at radius 1 is 1.08 bits per heavy atom. The lowest BCUT2D eigenvalue weighted by atomic mass is 10.1. The van der Waals surface area contributed by atoms with Crippen molar-refractivity contribution in [3.05, 3.63) is 59.7 Å². The number of unbranched alkanes of at least 4 members (excludes halogenated alkanes) is 1. The van der Waals surface area contributed by atoms with Gasteiger partial charge in [0.25, 0.3) is 0 Å². The summed E-state index contributed by atoms with van der Waals surface area (Å²) in [6.45, 7) is 5.73. The zero-order chi connectivity index (χ0) is 18.8. The Morgan fingerprint density at radius 2 is 1.77 bits per heavy atom. The number of carbonyl (C=O) groups is 1. The predicted molar refractivity (Wildman–Crippen MR) is 105 cm³/mol. The minimum Gasteiger partial charge on any atom is -0.482 e. The Labute approximate surface area is 155 Å². The number of nitrogens with zero attached hydrogens (tertiary/aromatic N) is 1. The van der Waals surface area contributed by atoms with Crippen LogP contribution in [0.5, 0.6) is 5.75 Å². The highest BCUT2D eigenvalue weighted by Gasteiger charge is 2.06. The van der Waals surface area contributed by atoms with E-state index in [1.165, 1.54) is 18.4 Å². The Kier molecular flexibility index (Phi) is 7.87. The number of hydrogen-bond donors (Lipinski definition) is 0. The molecule has 138 valence electrons. The lowest BCUT2D eigenvalue weighted by molar-refractivity contribution is -0.149. The molecule has 0 aliphatic carbocycles. The summed E-state index contributed by atoms with van der Waals surface area (Å²) >= 11 is 0. The minimum atomic E-state index is -0.368. The molecular weight excluding hydrogens is 326 g/mol. The van der Waals surface area contributed by atoms with Gasteiger partial charge < -0.3 is 9.47 Å². The van der Waals surface area contributed by atoms with Gasteiger partial charge in [-0.05, 0) is 74.2 Å².